The van der Waals surface area contributed by atoms with Crippen molar-refractivity contribution < 1.29 is 0 Å². The Bertz CT molecular complexity index is 750. The van der Waals surface area contributed by atoms with E-state index in [1.165, 1.54) is 16.6 Å². The Hall–Kier alpha value is -1.39. The number of hydrogen-bond donors (Lipinski definition) is 1. The van der Waals surface area contributed by atoms with Gasteiger partial charge in [0, 0.05) is 6.04 Å². The lowest BCUT2D eigenvalue weighted by Gasteiger charge is -2.14. The molecule has 0 saturated carbocycles. The third-order valence-electron chi connectivity index (χ3n) is 3.42. The molecule has 1 unspecified atom stereocenters. The summed E-state index contributed by atoms with van der Waals surface area (Å²) in [4.78, 5) is 3.31. The van der Waals surface area contributed by atoms with E-state index in [4.69, 9.17) is 12.2 Å². The first-order valence-electron chi connectivity index (χ1n) is 6.37. The minimum Gasteiger partial charge on any atom is -0.331 e. The van der Waals surface area contributed by atoms with Crippen molar-refractivity contribution in [2.24, 2.45) is 0 Å². The summed E-state index contributed by atoms with van der Waals surface area (Å²) in [6, 6.07) is 8.99. The van der Waals surface area contributed by atoms with Crippen LogP contribution in [0.1, 0.15) is 24.1 Å². The summed E-state index contributed by atoms with van der Waals surface area (Å²) in [6.07, 6.45) is 1.01. The van der Waals surface area contributed by atoms with Crippen molar-refractivity contribution in [3.63, 3.8) is 0 Å². The Morgan fingerprint density at radius 3 is 2.95 bits per heavy atom. The SMILES string of the molecule is Cc1ccc2c(c1)[nH]c(=S)n2C(C)Cc1ccsc1. The van der Waals surface area contributed by atoms with Crippen molar-refractivity contribution in [3.05, 3.63) is 50.9 Å². The monoisotopic (exact) mass is 288 g/mol. The van der Waals surface area contributed by atoms with Gasteiger partial charge in [0.1, 0.15) is 0 Å². The molecule has 2 nitrogen and oxygen atoms in total. The molecule has 19 heavy (non-hydrogen) atoms. The number of thiophene rings is 1. The smallest absolute Gasteiger partial charge is 0.178 e. The molecule has 2 heterocycles. The largest absolute Gasteiger partial charge is 0.331 e. The summed E-state index contributed by atoms with van der Waals surface area (Å²) in [6.45, 7) is 4.32. The van der Waals surface area contributed by atoms with Gasteiger partial charge in [-0.1, -0.05) is 6.07 Å². The maximum atomic E-state index is 5.48. The van der Waals surface area contributed by atoms with Crippen LogP contribution in [0.5, 0.6) is 0 Å². The lowest BCUT2D eigenvalue weighted by molar-refractivity contribution is 0.554. The molecule has 0 aliphatic rings. The van der Waals surface area contributed by atoms with E-state index in [-0.39, 0.29) is 0 Å². The second kappa shape index (κ2) is 4.94. The van der Waals surface area contributed by atoms with E-state index in [1.54, 1.807) is 11.3 Å². The van der Waals surface area contributed by atoms with E-state index in [2.05, 4.69) is 58.4 Å². The van der Waals surface area contributed by atoms with Gasteiger partial charge in [-0.15, -0.1) is 0 Å². The fourth-order valence-electron chi connectivity index (χ4n) is 2.52. The number of rotatable bonds is 3. The molecule has 3 aromatic rings. The number of nitrogens with zero attached hydrogens (tertiary/aromatic N) is 1. The average Bonchev–Trinajstić information content (AvgIpc) is 2.95. The predicted octanol–water partition coefficient (Wildman–Crippen LogP) is 4.87. The molecule has 0 aliphatic heterocycles. The number of fused-ring (bicyclic) bond motifs is 1. The molecule has 3 rings (SSSR count). The first-order chi connectivity index (χ1) is 9.15. The normalized spacial score (nSPS) is 12.9. The van der Waals surface area contributed by atoms with Gasteiger partial charge >= 0.3 is 0 Å². The lowest BCUT2D eigenvalue weighted by atomic mass is 10.1. The van der Waals surface area contributed by atoms with Crippen LogP contribution in [0.25, 0.3) is 11.0 Å². The number of hydrogen-bond acceptors (Lipinski definition) is 2. The maximum Gasteiger partial charge on any atom is 0.178 e. The molecule has 0 saturated heterocycles. The predicted molar refractivity (Wildman–Crippen MR) is 84.6 cm³/mol. The Morgan fingerprint density at radius 2 is 2.21 bits per heavy atom. The zero-order chi connectivity index (χ0) is 13.4. The topological polar surface area (TPSA) is 20.7 Å². The highest BCUT2D eigenvalue weighted by Crippen LogP contribution is 2.23. The second-order valence-electron chi connectivity index (χ2n) is 5.01. The number of aromatic amines is 1. The standard InChI is InChI=1S/C15H16N2S2/c1-10-3-4-14-13(7-10)16-15(18)17(14)11(2)8-12-5-6-19-9-12/h3-7,9,11H,8H2,1-2H3,(H,16,18). The third kappa shape index (κ3) is 2.38. The van der Waals surface area contributed by atoms with Crippen molar-refractivity contribution in [1.29, 1.82) is 0 Å². The highest BCUT2D eigenvalue weighted by molar-refractivity contribution is 7.71. The van der Waals surface area contributed by atoms with Crippen molar-refractivity contribution in [2.75, 3.05) is 0 Å². The van der Waals surface area contributed by atoms with Crippen molar-refractivity contribution in [2.45, 2.75) is 26.3 Å². The van der Waals surface area contributed by atoms with Crippen molar-refractivity contribution >= 4 is 34.6 Å². The Labute approximate surface area is 121 Å². The van der Waals surface area contributed by atoms with Crippen LogP contribution >= 0.6 is 23.6 Å². The molecule has 0 aliphatic carbocycles. The average molecular weight is 288 g/mol. The van der Waals surface area contributed by atoms with Crippen LogP contribution in [0.15, 0.2) is 35.0 Å². The van der Waals surface area contributed by atoms with Crippen LogP contribution in [-0.2, 0) is 6.42 Å². The molecule has 0 fully saturated rings. The molecule has 0 bridgehead atoms. The molecule has 98 valence electrons. The zero-order valence-corrected chi connectivity index (χ0v) is 12.6. The summed E-state index contributed by atoms with van der Waals surface area (Å²) >= 11 is 7.22. The van der Waals surface area contributed by atoms with E-state index < -0.39 is 0 Å². The van der Waals surface area contributed by atoms with Gasteiger partial charge in [-0.05, 0) is 72.6 Å². The molecule has 0 amide bonds. The molecule has 2 aromatic heterocycles. The van der Waals surface area contributed by atoms with E-state index in [1.807, 2.05) is 0 Å². The van der Waals surface area contributed by atoms with Crippen LogP contribution in [0.4, 0.5) is 0 Å². The van der Waals surface area contributed by atoms with Crippen molar-refractivity contribution in [3.8, 4) is 0 Å². The molecular weight excluding hydrogens is 272 g/mol. The van der Waals surface area contributed by atoms with Crippen LogP contribution in [-0.4, -0.2) is 9.55 Å². The Kier molecular flexibility index (Phi) is 3.29. The summed E-state index contributed by atoms with van der Waals surface area (Å²) in [7, 11) is 0. The highest BCUT2D eigenvalue weighted by atomic mass is 32.1. The Balaban J connectivity index is 2.04. The van der Waals surface area contributed by atoms with Crippen molar-refractivity contribution in [1.82, 2.24) is 9.55 Å². The summed E-state index contributed by atoms with van der Waals surface area (Å²) in [5.74, 6) is 0. The number of H-pyrrole nitrogens is 1. The zero-order valence-electron chi connectivity index (χ0n) is 11.0. The van der Waals surface area contributed by atoms with Gasteiger partial charge in [0.25, 0.3) is 0 Å². The van der Waals surface area contributed by atoms with Gasteiger partial charge < -0.3 is 9.55 Å². The molecule has 4 heteroatoms. The van der Waals surface area contributed by atoms with Crippen LogP contribution in [0.3, 0.4) is 0 Å². The van der Waals surface area contributed by atoms with Gasteiger partial charge in [-0.3, -0.25) is 0 Å². The van der Waals surface area contributed by atoms with Gasteiger partial charge in [-0.25, -0.2) is 0 Å². The minimum atomic E-state index is 0.360. The molecule has 1 atom stereocenters. The first kappa shape index (κ1) is 12.6. The summed E-state index contributed by atoms with van der Waals surface area (Å²) in [5, 5.41) is 4.33. The number of aromatic nitrogens is 2. The van der Waals surface area contributed by atoms with E-state index in [9.17, 15) is 0 Å². The van der Waals surface area contributed by atoms with E-state index in [0.29, 0.717) is 6.04 Å². The fraction of sp³-hybridized carbons (Fsp3) is 0.267. The fourth-order valence-corrected chi connectivity index (χ4v) is 3.59. The Morgan fingerprint density at radius 1 is 1.37 bits per heavy atom. The first-order valence-corrected chi connectivity index (χ1v) is 7.72. The third-order valence-corrected chi connectivity index (χ3v) is 4.45. The maximum absolute atomic E-state index is 5.48. The van der Waals surface area contributed by atoms with Crippen LogP contribution < -0.4 is 0 Å². The molecule has 0 spiro atoms. The number of imidazole rings is 1. The van der Waals surface area contributed by atoms with Gasteiger partial charge in [0.2, 0.25) is 0 Å². The highest BCUT2D eigenvalue weighted by Gasteiger charge is 2.12. The quantitative estimate of drug-likeness (QED) is 0.682. The van der Waals surface area contributed by atoms with Gasteiger partial charge in [0.05, 0.1) is 11.0 Å². The molecule has 1 aromatic carbocycles. The van der Waals surface area contributed by atoms with Gasteiger partial charge in [0.15, 0.2) is 4.77 Å². The summed E-state index contributed by atoms with van der Waals surface area (Å²) < 4.78 is 3.03. The lowest BCUT2D eigenvalue weighted by Crippen LogP contribution is -2.07. The molecule has 1 N–H and O–H groups in total. The number of benzene rings is 1. The van der Waals surface area contributed by atoms with E-state index >= 15 is 0 Å². The van der Waals surface area contributed by atoms with Crippen LogP contribution in [0.2, 0.25) is 0 Å². The van der Waals surface area contributed by atoms with E-state index in [0.717, 1.165) is 16.7 Å². The minimum absolute atomic E-state index is 0.360. The number of nitrogens with one attached hydrogen (secondary N) is 1. The number of aryl methyl sites for hydroxylation is 1. The van der Waals surface area contributed by atoms with Gasteiger partial charge in [-0.2, -0.15) is 11.3 Å². The second-order valence-corrected chi connectivity index (χ2v) is 6.17. The summed E-state index contributed by atoms with van der Waals surface area (Å²) in [5.41, 5.74) is 4.95. The van der Waals surface area contributed by atoms with Crippen LogP contribution in [0, 0.1) is 11.7 Å². The molecule has 0 radical (unpaired) electrons. The molecular formula is C15H16N2S2.